The molecule has 1 aliphatic rings. The molecule has 22 heavy (non-hydrogen) atoms. The van der Waals surface area contributed by atoms with Crippen LogP contribution in [0.25, 0.3) is 11.0 Å². The van der Waals surface area contributed by atoms with Gasteiger partial charge in [-0.2, -0.15) is 0 Å². The van der Waals surface area contributed by atoms with Gasteiger partial charge in [-0.25, -0.2) is 4.79 Å². The smallest absolute Gasteiger partial charge is 0.379 e. The van der Waals surface area contributed by atoms with E-state index in [9.17, 15) is 4.79 Å². The van der Waals surface area contributed by atoms with Crippen molar-refractivity contribution < 1.29 is 13.9 Å². The first kappa shape index (κ1) is 13.1. The van der Waals surface area contributed by atoms with Gasteiger partial charge in [0.2, 0.25) is 5.76 Å². The number of carbonyl (C=O) groups is 1. The molecule has 2 aromatic heterocycles. The molecular formula is C18H15NO3. The average Bonchev–Trinajstić information content (AvgIpc) is 2.91. The molecule has 0 unspecified atom stereocenters. The van der Waals surface area contributed by atoms with E-state index in [-0.39, 0.29) is 5.76 Å². The summed E-state index contributed by atoms with van der Waals surface area (Å²) in [7, 11) is 0. The van der Waals surface area contributed by atoms with Crippen molar-refractivity contribution in [2.24, 2.45) is 0 Å². The maximum absolute atomic E-state index is 12.1. The maximum Gasteiger partial charge on any atom is 0.379 e. The topological polar surface area (TPSA) is 52.3 Å². The van der Waals surface area contributed by atoms with E-state index in [4.69, 9.17) is 9.15 Å². The van der Waals surface area contributed by atoms with E-state index in [2.05, 4.69) is 4.98 Å². The lowest BCUT2D eigenvalue weighted by Crippen LogP contribution is -2.09. The van der Waals surface area contributed by atoms with Crippen LogP contribution in [0.4, 0.5) is 0 Å². The fraction of sp³-hybridized carbons (Fsp3) is 0.222. The van der Waals surface area contributed by atoms with Crippen LogP contribution in [0.1, 0.15) is 41.3 Å². The number of carbonyl (C=O) groups excluding carboxylic acids is 1. The highest BCUT2D eigenvalue weighted by atomic mass is 16.5. The van der Waals surface area contributed by atoms with Crippen LogP contribution in [0.5, 0.6) is 5.75 Å². The Balaban J connectivity index is 1.51. The van der Waals surface area contributed by atoms with Gasteiger partial charge >= 0.3 is 5.97 Å². The first-order chi connectivity index (χ1) is 10.8. The van der Waals surface area contributed by atoms with E-state index in [1.54, 1.807) is 24.5 Å². The summed E-state index contributed by atoms with van der Waals surface area (Å²) < 4.78 is 10.8. The summed E-state index contributed by atoms with van der Waals surface area (Å²) in [5.74, 6) is 0.901. The Kier molecular flexibility index (Phi) is 3.15. The summed E-state index contributed by atoms with van der Waals surface area (Å²) >= 11 is 0. The summed E-state index contributed by atoms with van der Waals surface area (Å²) in [5.41, 5.74) is 1.95. The zero-order valence-electron chi connectivity index (χ0n) is 12.0. The minimum Gasteiger partial charge on any atom is -0.449 e. The average molecular weight is 293 g/mol. The van der Waals surface area contributed by atoms with Gasteiger partial charge in [0.05, 0.1) is 0 Å². The van der Waals surface area contributed by atoms with Gasteiger partial charge < -0.3 is 9.15 Å². The van der Waals surface area contributed by atoms with Crippen molar-refractivity contribution in [1.29, 1.82) is 0 Å². The van der Waals surface area contributed by atoms with Crippen molar-refractivity contribution in [1.82, 2.24) is 4.98 Å². The fourth-order valence-electron chi connectivity index (χ4n) is 2.69. The Labute approximate surface area is 127 Å². The Bertz CT molecular complexity index is 783. The molecule has 0 aliphatic heterocycles. The minimum absolute atomic E-state index is 0.186. The quantitative estimate of drug-likeness (QED) is 0.533. The number of nitrogens with zero attached hydrogens (tertiary/aromatic N) is 1. The normalized spacial score (nSPS) is 14.7. The number of hydrogen-bond donors (Lipinski definition) is 0. The zero-order valence-corrected chi connectivity index (χ0v) is 12.0. The number of furan rings is 1. The number of aromatic nitrogens is 1. The molecule has 0 atom stereocenters. The second kappa shape index (κ2) is 5.30. The zero-order chi connectivity index (χ0) is 14.9. The Morgan fingerprint density at radius 3 is 2.68 bits per heavy atom. The van der Waals surface area contributed by atoms with Crippen molar-refractivity contribution in [2.45, 2.75) is 25.2 Å². The van der Waals surface area contributed by atoms with Crippen molar-refractivity contribution in [2.75, 3.05) is 0 Å². The van der Waals surface area contributed by atoms with Crippen LogP contribution in [-0.2, 0) is 0 Å². The highest BCUT2D eigenvalue weighted by Crippen LogP contribution is 2.36. The molecule has 0 spiro atoms. The molecule has 4 heteroatoms. The van der Waals surface area contributed by atoms with Gasteiger partial charge in [-0.3, -0.25) is 4.98 Å². The summed E-state index contributed by atoms with van der Waals surface area (Å²) in [6.45, 7) is 0. The Morgan fingerprint density at radius 2 is 2.00 bits per heavy atom. The lowest BCUT2D eigenvalue weighted by molar-refractivity contribution is 0.0704. The van der Waals surface area contributed by atoms with E-state index in [1.807, 2.05) is 24.3 Å². The molecule has 3 aromatic rings. The van der Waals surface area contributed by atoms with Crippen LogP contribution >= 0.6 is 0 Å². The number of benzene rings is 1. The standard InChI is InChI=1S/C18H15NO3/c20-18(17-10-14-11-19-9-8-16(14)22-17)21-15-6-4-13(5-7-15)12-2-1-3-12/h4-12H,1-3H2. The summed E-state index contributed by atoms with van der Waals surface area (Å²) in [6.07, 6.45) is 7.10. The molecule has 4 nitrogen and oxygen atoms in total. The third-order valence-electron chi connectivity index (χ3n) is 4.19. The molecule has 1 aromatic carbocycles. The van der Waals surface area contributed by atoms with Crippen LogP contribution in [0.15, 0.2) is 53.2 Å². The minimum atomic E-state index is -0.493. The largest absolute Gasteiger partial charge is 0.449 e. The fourth-order valence-corrected chi connectivity index (χ4v) is 2.69. The van der Waals surface area contributed by atoms with Crippen LogP contribution in [0, 0.1) is 0 Å². The maximum atomic E-state index is 12.1. The highest BCUT2D eigenvalue weighted by molar-refractivity contribution is 5.93. The predicted molar refractivity (Wildman–Crippen MR) is 82.0 cm³/mol. The SMILES string of the molecule is O=C(Oc1ccc(C2CCC2)cc1)c1cc2cnccc2o1. The monoisotopic (exact) mass is 293 g/mol. The molecule has 1 saturated carbocycles. The van der Waals surface area contributed by atoms with Gasteiger partial charge in [-0.05, 0) is 42.5 Å². The molecule has 0 radical (unpaired) electrons. The van der Waals surface area contributed by atoms with Gasteiger partial charge in [0.15, 0.2) is 0 Å². The third-order valence-corrected chi connectivity index (χ3v) is 4.19. The first-order valence-corrected chi connectivity index (χ1v) is 7.45. The lowest BCUT2D eigenvalue weighted by Gasteiger charge is -2.25. The van der Waals surface area contributed by atoms with Crippen LogP contribution in [0.3, 0.4) is 0 Å². The molecule has 0 bridgehead atoms. The predicted octanol–water partition coefficient (Wildman–Crippen LogP) is 4.31. The number of ether oxygens (including phenoxy) is 1. The third kappa shape index (κ3) is 2.37. The van der Waals surface area contributed by atoms with E-state index < -0.39 is 5.97 Å². The summed E-state index contributed by atoms with van der Waals surface area (Å²) in [4.78, 5) is 16.1. The molecule has 4 rings (SSSR count). The van der Waals surface area contributed by atoms with E-state index in [0.717, 1.165) is 5.39 Å². The van der Waals surface area contributed by atoms with Crippen LogP contribution in [-0.4, -0.2) is 11.0 Å². The van der Waals surface area contributed by atoms with Crippen molar-refractivity contribution in [3.63, 3.8) is 0 Å². The molecule has 110 valence electrons. The molecular weight excluding hydrogens is 278 g/mol. The van der Waals surface area contributed by atoms with E-state index in [1.165, 1.54) is 24.8 Å². The number of pyridine rings is 1. The number of rotatable bonds is 3. The number of hydrogen-bond acceptors (Lipinski definition) is 4. The molecule has 1 aliphatic carbocycles. The van der Waals surface area contributed by atoms with E-state index in [0.29, 0.717) is 17.3 Å². The highest BCUT2D eigenvalue weighted by Gasteiger charge is 2.19. The molecule has 0 N–H and O–H groups in total. The number of fused-ring (bicyclic) bond motifs is 1. The summed E-state index contributed by atoms with van der Waals surface area (Å²) in [6, 6.07) is 11.1. The number of esters is 1. The van der Waals surface area contributed by atoms with Gasteiger partial charge in [-0.1, -0.05) is 18.6 Å². The second-order valence-electron chi connectivity index (χ2n) is 5.61. The van der Waals surface area contributed by atoms with Gasteiger partial charge in [0, 0.05) is 23.8 Å². The van der Waals surface area contributed by atoms with Gasteiger partial charge in [-0.15, -0.1) is 0 Å². The molecule has 1 fully saturated rings. The molecule has 2 heterocycles. The Hall–Kier alpha value is -2.62. The van der Waals surface area contributed by atoms with Crippen molar-refractivity contribution in [3.8, 4) is 5.75 Å². The Morgan fingerprint density at radius 1 is 1.18 bits per heavy atom. The van der Waals surface area contributed by atoms with Crippen molar-refractivity contribution in [3.05, 3.63) is 60.1 Å². The van der Waals surface area contributed by atoms with E-state index >= 15 is 0 Å². The second-order valence-corrected chi connectivity index (χ2v) is 5.61. The van der Waals surface area contributed by atoms with Gasteiger partial charge in [0.25, 0.3) is 0 Å². The van der Waals surface area contributed by atoms with Crippen LogP contribution in [0.2, 0.25) is 0 Å². The molecule has 0 amide bonds. The molecule has 0 saturated heterocycles. The van der Waals surface area contributed by atoms with Gasteiger partial charge in [0.1, 0.15) is 11.3 Å². The lowest BCUT2D eigenvalue weighted by atomic mass is 9.80. The van der Waals surface area contributed by atoms with Crippen molar-refractivity contribution >= 4 is 16.9 Å². The van der Waals surface area contributed by atoms with Crippen LogP contribution < -0.4 is 4.74 Å². The first-order valence-electron chi connectivity index (χ1n) is 7.45. The summed E-state index contributed by atoms with van der Waals surface area (Å²) in [5, 5.41) is 0.787.